The topological polar surface area (TPSA) is 46.9 Å². The standard InChI is InChI=1S/C15H17ClFN3O/c1-3-20-15(21)14(16)13(9-19-20)18-7-6-11-4-5-12(17)8-10(11)2/h4-5,8-9,18H,3,6-7H2,1-2H3. The molecule has 0 aliphatic heterocycles. The van der Waals surface area contributed by atoms with E-state index in [2.05, 4.69) is 10.4 Å². The van der Waals surface area contributed by atoms with E-state index in [4.69, 9.17) is 11.6 Å². The number of nitrogens with one attached hydrogen (secondary N) is 1. The summed E-state index contributed by atoms with van der Waals surface area (Å²) in [6.45, 7) is 4.77. The summed E-state index contributed by atoms with van der Waals surface area (Å²) in [5.41, 5.74) is 2.17. The summed E-state index contributed by atoms with van der Waals surface area (Å²) in [7, 11) is 0. The highest BCUT2D eigenvalue weighted by Gasteiger charge is 2.08. The first-order valence-electron chi connectivity index (χ1n) is 6.77. The van der Waals surface area contributed by atoms with E-state index in [1.807, 2.05) is 13.8 Å². The number of anilines is 1. The highest BCUT2D eigenvalue weighted by atomic mass is 35.5. The number of nitrogens with zero attached hydrogens (tertiary/aromatic N) is 2. The number of aromatic nitrogens is 2. The zero-order chi connectivity index (χ0) is 15.4. The Kier molecular flexibility index (Phi) is 4.96. The van der Waals surface area contributed by atoms with Crippen LogP contribution in [-0.4, -0.2) is 16.3 Å². The van der Waals surface area contributed by atoms with Crippen LogP contribution in [0.2, 0.25) is 5.02 Å². The molecule has 0 bridgehead atoms. The summed E-state index contributed by atoms with van der Waals surface area (Å²) >= 11 is 6.03. The Labute approximate surface area is 127 Å². The fourth-order valence-electron chi connectivity index (χ4n) is 2.09. The van der Waals surface area contributed by atoms with Gasteiger partial charge in [0.25, 0.3) is 5.56 Å². The normalized spacial score (nSPS) is 10.7. The van der Waals surface area contributed by atoms with Gasteiger partial charge in [-0.2, -0.15) is 5.10 Å². The van der Waals surface area contributed by atoms with E-state index in [-0.39, 0.29) is 16.4 Å². The van der Waals surface area contributed by atoms with E-state index < -0.39 is 0 Å². The Bertz CT molecular complexity index is 700. The quantitative estimate of drug-likeness (QED) is 0.923. The lowest BCUT2D eigenvalue weighted by atomic mass is 10.1. The second-order valence-corrected chi connectivity index (χ2v) is 5.12. The molecule has 0 aliphatic rings. The number of halogens is 2. The average molecular weight is 310 g/mol. The highest BCUT2D eigenvalue weighted by Crippen LogP contribution is 2.16. The average Bonchev–Trinajstić information content (AvgIpc) is 2.46. The smallest absolute Gasteiger partial charge is 0.287 e. The van der Waals surface area contributed by atoms with Crippen molar-refractivity contribution in [3.05, 3.63) is 56.7 Å². The first-order chi connectivity index (χ1) is 10.0. The van der Waals surface area contributed by atoms with E-state index >= 15 is 0 Å². The second-order valence-electron chi connectivity index (χ2n) is 4.74. The van der Waals surface area contributed by atoms with Crippen molar-refractivity contribution in [2.75, 3.05) is 11.9 Å². The van der Waals surface area contributed by atoms with Gasteiger partial charge in [0, 0.05) is 13.1 Å². The molecule has 1 aromatic carbocycles. The van der Waals surface area contributed by atoms with Crippen molar-refractivity contribution in [2.45, 2.75) is 26.8 Å². The summed E-state index contributed by atoms with van der Waals surface area (Å²) in [5, 5.41) is 7.26. The Morgan fingerprint density at radius 3 is 2.86 bits per heavy atom. The fraction of sp³-hybridized carbons (Fsp3) is 0.333. The van der Waals surface area contributed by atoms with Crippen molar-refractivity contribution < 1.29 is 4.39 Å². The lowest BCUT2D eigenvalue weighted by Gasteiger charge is -2.10. The minimum absolute atomic E-state index is 0.141. The first-order valence-corrected chi connectivity index (χ1v) is 7.15. The van der Waals surface area contributed by atoms with Gasteiger partial charge in [-0.1, -0.05) is 17.7 Å². The van der Waals surface area contributed by atoms with Crippen LogP contribution in [0.25, 0.3) is 0 Å². The van der Waals surface area contributed by atoms with Crippen LogP contribution in [0.3, 0.4) is 0 Å². The van der Waals surface area contributed by atoms with Gasteiger partial charge < -0.3 is 5.32 Å². The van der Waals surface area contributed by atoms with Gasteiger partial charge in [-0.3, -0.25) is 4.79 Å². The van der Waals surface area contributed by atoms with Gasteiger partial charge in [0.1, 0.15) is 10.8 Å². The van der Waals surface area contributed by atoms with Crippen molar-refractivity contribution in [1.82, 2.24) is 9.78 Å². The van der Waals surface area contributed by atoms with Crippen molar-refractivity contribution in [3.63, 3.8) is 0 Å². The molecular weight excluding hydrogens is 293 g/mol. The molecule has 0 radical (unpaired) electrons. The molecule has 2 aromatic rings. The summed E-state index contributed by atoms with van der Waals surface area (Å²) in [5.74, 6) is -0.236. The molecule has 1 heterocycles. The third-order valence-corrected chi connectivity index (χ3v) is 3.66. The molecule has 6 heteroatoms. The van der Waals surface area contributed by atoms with E-state index in [9.17, 15) is 9.18 Å². The molecule has 0 saturated heterocycles. The molecule has 4 nitrogen and oxygen atoms in total. The fourth-order valence-corrected chi connectivity index (χ4v) is 2.30. The molecule has 112 valence electrons. The maximum atomic E-state index is 13.0. The zero-order valence-corrected chi connectivity index (χ0v) is 12.7. The molecule has 0 fully saturated rings. The first kappa shape index (κ1) is 15.5. The lowest BCUT2D eigenvalue weighted by Crippen LogP contribution is -2.23. The number of hydrogen-bond donors (Lipinski definition) is 1. The second kappa shape index (κ2) is 6.72. The maximum Gasteiger partial charge on any atom is 0.287 e. The molecule has 0 spiro atoms. The summed E-state index contributed by atoms with van der Waals surface area (Å²) in [6, 6.07) is 4.72. The van der Waals surface area contributed by atoms with Gasteiger partial charge in [0.15, 0.2) is 0 Å². The van der Waals surface area contributed by atoms with Crippen LogP contribution in [0.5, 0.6) is 0 Å². The Balaban J connectivity index is 2.04. The molecule has 0 unspecified atom stereocenters. The van der Waals surface area contributed by atoms with Crippen LogP contribution in [-0.2, 0) is 13.0 Å². The Hall–Kier alpha value is -1.88. The zero-order valence-electron chi connectivity index (χ0n) is 12.0. The SMILES string of the molecule is CCn1ncc(NCCc2ccc(F)cc2C)c(Cl)c1=O. The third kappa shape index (κ3) is 3.61. The van der Waals surface area contributed by atoms with E-state index in [1.165, 1.54) is 16.8 Å². The minimum Gasteiger partial charge on any atom is -0.382 e. The lowest BCUT2D eigenvalue weighted by molar-refractivity contribution is 0.616. The summed E-state index contributed by atoms with van der Waals surface area (Å²) in [4.78, 5) is 11.8. The monoisotopic (exact) mass is 309 g/mol. The van der Waals surface area contributed by atoms with Crippen LogP contribution in [0.1, 0.15) is 18.1 Å². The van der Waals surface area contributed by atoms with E-state index in [1.54, 1.807) is 12.3 Å². The maximum absolute atomic E-state index is 13.0. The van der Waals surface area contributed by atoms with Crippen LogP contribution in [0.4, 0.5) is 10.1 Å². The Morgan fingerprint density at radius 2 is 2.19 bits per heavy atom. The highest BCUT2D eigenvalue weighted by molar-refractivity contribution is 6.32. The molecule has 1 N–H and O–H groups in total. The molecule has 2 rings (SSSR count). The molecule has 1 aromatic heterocycles. The molecular formula is C15H17ClFN3O. The molecule has 0 amide bonds. The number of benzene rings is 1. The van der Waals surface area contributed by atoms with Crippen LogP contribution >= 0.6 is 11.6 Å². The van der Waals surface area contributed by atoms with Crippen molar-refractivity contribution in [2.24, 2.45) is 0 Å². The molecule has 21 heavy (non-hydrogen) atoms. The summed E-state index contributed by atoms with van der Waals surface area (Å²) < 4.78 is 14.3. The predicted octanol–water partition coefficient (Wildman–Crippen LogP) is 3.02. The summed E-state index contributed by atoms with van der Waals surface area (Å²) in [6.07, 6.45) is 2.25. The van der Waals surface area contributed by atoms with Crippen molar-refractivity contribution in [3.8, 4) is 0 Å². The third-order valence-electron chi connectivity index (χ3n) is 3.30. The van der Waals surface area contributed by atoms with E-state index in [0.29, 0.717) is 25.2 Å². The van der Waals surface area contributed by atoms with Gasteiger partial charge in [0.2, 0.25) is 0 Å². The Morgan fingerprint density at radius 1 is 1.43 bits per heavy atom. The van der Waals surface area contributed by atoms with Gasteiger partial charge in [0.05, 0.1) is 11.9 Å². The predicted molar refractivity (Wildman–Crippen MR) is 82.5 cm³/mol. The number of rotatable bonds is 5. The largest absolute Gasteiger partial charge is 0.382 e. The molecule has 0 saturated carbocycles. The van der Waals surface area contributed by atoms with Crippen LogP contribution in [0.15, 0.2) is 29.2 Å². The number of aryl methyl sites for hydroxylation is 2. The minimum atomic E-state index is -0.304. The van der Waals surface area contributed by atoms with Crippen molar-refractivity contribution >= 4 is 17.3 Å². The van der Waals surface area contributed by atoms with Gasteiger partial charge in [-0.05, 0) is 43.5 Å². The van der Waals surface area contributed by atoms with Crippen LogP contribution in [0, 0.1) is 12.7 Å². The molecule has 0 aliphatic carbocycles. The number of hydrogen-bond acceptors (Lipinski definition) is 3. The van der Waals surface area contributed by atoms with Crippen LogP contribution < -0.4 is 10.9 Å². The van der Waals surface area contributed by atoms with Crippen molar-refractivity contribution in [1.29, 1.82) is 0 Å². The van der Waals surface area contributed by atoms with E-state index in [0.717, 1.165) is 11.1 Å². The van der Waals surface area contributed by atoms with Gasteiger partial charge in [-0.25, -0.2) is 9.07 Å². The van der Waals surface area contributed by atoms with Gasteiger partial charge in [-0.15, -0.1) is 0 Å². The molecule has 0 atom stereocenters. The van der Waals surface area contributed by atoms with Gasteiger partial charge >= 0.3 is 0 Å².